The lowest BCUT2D eigenvalue weighted by molar-refractivity contribution is -0.139. The summed E-state index contributed by atoms with van der Waals surface area (Å²) in [6.07, 6.45) is 1.71. The molecule has 0 aliphatic carbocycles. The normalized spacial score (nSPS) is 15.8. The second-order valence-electron chi connectivity index (χ2n) is 5.31. The van der Waals surface area contributed by atoms with E-state index >= 15 is 0 Å². The number of nitrogens with two attached hydrogens (primary N) is 2. The summed E-state index contributed by atoms with van der Waals surface area (Å²) in [5.41, 5.74) is 13.8. The Morgan fingerprint density at radius 3 is 2.52 bits per heavy atom. The van der Waals surface area contributed by atoms with E-state index in [1.54, 1.807) is 6.07 Å². The number of hydrogen-bond acceptors (Lipinski definition) is 5. The average Bonchev–Trinajstić information content (AvgIpc) is 2.47. The van der Waals surface area contributed by atoms with Crippen molar-refractivity contribution >= 4 is 23.3 Å². The Bertz CT molecular complexity index is 537. The number of carbonyl (C=O) groups is 2. The molecule has 21 heavy (non-hydrogen) atoms. The van der Waals surface area contributed by atoms with Gasteiger partial charge in [-0.25, -0.2) is 0 Å². The molecular formula is C15H21N3O3. The van der Waals surface area contributed by atoms with Crippen molar-refractivity contribution in [1.29, 1.82) is 0 Å². The molecule has 0 radical (unpaired) electrons. The maximum atomic E-state index is 11.3. The van der Waals surface area contributed by atoms with Crippen molar-refractivity contribution in [2.75, 3.05) is 30.8 Å². The molecule has 1 aliphatic heterocycles. The molecule has 0 saturated carbocycles. The van der Waals surface area contributed by atoms with E-state index in [1.165, 1.54) is 7.11 Å². The van der Waals surface area contributed by atoms with Gasteiger partial charge in [0.05, 0.1) is 24.9 Å². The summed E-state index contributed by atoms with van der Waals surface area (Å²) in [7, 11) is 1.36. The summed E-state index contributed by atoms with van der Waals surface area (Å²) < 4.78 is 4.64. The quantitative estimate of drug-likeness (QED) is 0.628. The van der Waals surface area contributed by atoms with Crippen molar-refractivity contribution in [2.45, 2.75) is 19.3 Å². The zero-order valence-electron chi connectivity index (χ0n) is 12.2. The smallest absolute Gasteiger partial charge is 0.309 e. The van der Waals surface area contributed by atoms with Crippen LogP contribution >= 0.6 is 0 Å². The van der Waals surface area contributed by atoms with Gasteiger partial charge in [0, 0.05) is 19.0 Å². The first-order chi connectivity index (χ1) is 10.0. The predicted octanol–water partition coefficient (Wildman–Crippen LogP) is 0.686. The van der Waals surface area contributed by atoms with Crippen LogP contribution in [-0.4, -0.2) is 32.1 Å². The van der Waals surface area contributed by atoms with Crippen molar-refractivity contribution in [3.05, 3.63) is 23.8 Å². The number of hydrogen-bond donors (Lipinski definition) is 2. The zero-order chi connectivity index (χ0) is 15.4. The van der Waals surface area contributed by atoms with Crippen molar-refractivity contribution in [1.82, 2.24) is 0 Å². The topological polar surface area (TPSA) is 98.6 Å². The molecule has 6 nitrogen and oxygen atoms in total. The number of anilines is 2. The number of benzene rings is 1. The van der Waals surface area contributed by atoms with E-state index in [0.29, 0.717) is 5.69 Å². The van der Waals surface area contributed by atoms with Crippen molar-refractivity contribution in [3.63, 3.8) is 0 Å². The fourth-order valence-corrected chi connectivity index (χ4v) is 2.65. The first-order valence-electron chi connectivity index (χ1n) is 7.00. The van der Waals surface area contributed by atoms with Gasteiger partial charge in [0.15, 0.2) is 0 Å². The Hall–Kier alpha value is -2.24. The molecule has 1 aliphatic rings. The highest BCUT2D eigenvalue weighted by atomic mass is 16.5. The zero-order valence-corrected chi connectivity index (χ0v) is 12.2. The number of nitrogen functional groups attached to an aromatic ring is 1. The molecule has 0 spiro atoms. The molecule has 1 amide bonds. The van der Waals surface area contributed by atoms with Crippen molar-refractivity contribution in [2.24, 2.45) is 11.7 Å². The molecule has 1 fully saturated rings. The Balaban J connectivity index is 2.04. The van der Waals surface area contributed by atoms with E-state index in [0.717, 1.165) is 37.2 Å². The van der Waals surface area contributed by atoms with Crippen LogP contribution in [0.4, 0.5) is 11.4 Å². The van der Waals surface area contributed by atoms with Crippen LogP contribution in [0.25, 0.3) is 0 Å². The third-order valence-electron chi connectivity index (χ3n) is 3.91. The summed E-state index contributed by atoms with van der Waals surface area (Å²) >= 11 is 0. The summed E-state index contributed by atoms with van der Waals surface area (Å²) in [6, 6.07) is 5.59. The van der Waals surface area contributed by atoms with E-state index in [2.05, 4.69) is 9.64 Å². The molecule has 0 aromatic heterocycles. The van der Waals surface area contributed by atoms with Crippen LogP contribution in [0.3, 0.4) is 0 Å². The number of methoxy groups -OCH3 is 1. The minimum absolute atomic E-state index is 0.0407. The van der Waals surface area contributed by atoms with Gasteiger partial charge in [-0.2, -0.15) is 0 Å². The van der Waals surface area contributed by atoms with Gasteiger partial charge in [0.2, 0.25) is 5.91 Å². The second-order valence-corrected chi connectivity index (χ2v) is 5.31. The Labute approximate surface area is 124 Å². The van der Waals surface area contributed by atoms with Crippen LogP contribution in [0.2, 0.25) is 0 Å². The van der Waals surface area contributed by atoms with E-state index in [9.17, 15) is 9.59 Å². The molecule has 6 heteroatoms. The Morgan fingerprint density at radius 2 is 2.00 bits per heavy atom. The van der Waals surface area contributed by atoms with Gasteiger partial charge < -0.3 is 21.1 Å². The molecule has 0 unspecified atom stereocenters. The highest BCUT2D eigenvalue weighted by molar-refractivity contribution is 5.78. The number of primary amides is 1. The van der Waals surface area contributed by atoms with Crippen LogP contribution in [-0.2, 0) is 20.7 Å². The lowest BCUT2D eigenvalue weighted by Gasteiger charge is -2.33. The minimum Gasteiger partial charge on any atom is -0.469 e. The Kier molecular flexibility index (Phi) is 4.67. The molecular weight excluding hydrogens is 270 g/mol. The number of nitrogens with zero attached hydrogens (tertiary/aromatic N) is 1. The van der Waals surface area contributed by atoms with Crippen LogP contribution in [0.5, 0.6) is 0 Å². The molecule has 4 N–H and O–H groups in total. The number of carbonyl (C=O) groups excluding carboxylic acids is 2. The van der Waals surface area contributed by atoms with Gasteiger partial charge in [-0.1, -0.05) is 6.07 Å². The summed E-state index contributed by atoms with van der Waals surface area (Å²) in [6.45, 7) is 1.52. The van der Waals surface area contributed by atoms with Gasteiger partial charge in [-0.3, -0.25) is 9.59 Å². The lowest BCUT2D eigenvalue weighted by Crippen LogP contribution is -2.38. The van der Waals surface area contributed by atoms with E-state index in [4.69, 9.17) is 11.5 Å². The number of esters is 1. The standard InChI is InChI=1S/C15H21N3O3/c1-21-14(19)9-10-2-3-13(12(16)8-10)18-6-4-11(5-7-18)15(17)20/h2-3,8,11H,4-7,9,16H2,1H3,(H2,17,20). The van der Waals surface area contributed by atoms with Gasteiger partial charge >= 0.3 is 5.97 Å². The summed E-state index contributed by atoms with van der Waals surface area (Å²) in [4.78, 5) is 24.6. The molecule has 1 aromatic rings. The fraction of sp³-hybridized carbons (Fsp3) is 0.467. The number of amides is 1. The van der Waals surface area contributed by atoms with Gasteiger partial charge in [-0.15, -0.1) is 0 Å². The number of rotatable bonds is 4. The predicted molar refractivity (Wildman–Crippen MR) is 80.7 cm³/mol. The molecule has 114 valence electrons. The average molecular weight is 291 g/mol. The first kappa shape index (κ1) is 15.2. The largest absolute Gasteiger partial charge is 0.469 e. The van der Waals surface area contributed by atoms with Crippen molar-refractivity contribution in [3.8, 4) is 0 Å². The molecule has 0 bridgehead atoms. The van der Waals surface area contributed by atoms with Gasteiger partial charge in [0.25, 0.3) is 0 Å². The van der Waals surface area contributed by atoms with E-state index in [1.807, 2.05) is 12.1 Å². The highest BCUT2D eigenvalue weighted by Crippen LogP contribution is 2.29. The monoisotopic (exact) mass is 291 g/mol. The molecule has 0 atom stereocenters. The third-order valence-corrected chi connectivity index (χ3v) is 3.91. The molecule has 1 aromatic carbocycles. The van der Waals surface area contributed by atoms with Crippen LogP contribution < -0.4 is 16.4 Å². The van der Waals surface area contributed by atoms with E-state index in [-0.39, 0.29) is 24.2 Å². The van der Waals surface area contributed by atoms with Crippen LogP contribution in [0.15, 0.2) is 18.2 Å². The summed E-state index contributed by atoms with van der Waals surface area (Å²) in [5.74, 6) is -0.554. The molecule has 1 saturated heterocycles. The lowest BCUT2D eigenvalue weighted by atomic mass is 9.95. The van der Waals surface area contributed by atoms with E-state index < -0.39 is 0 Å². The SMILES string of the molecule is COC(=O)Cc1ccc(N2CCC(C(N)=O)CC2)c(N)c1. The summed E-state index contributed by atoms with van der Waals surface area (Å²) in [5, 5.41) is 0. The highest BCUT2D eigenvalue weighted by Gasteiger charge is 2.24. The third kappa shape index (κ3) is 3.65. The van der Waals surface area contributed by atoms with Crippen LogP contribution in [0, 0.1) is 5.92 Å². The Morgan fingerprint density at radius 1 is 1.33 bits per heavy atom. The first-order valence-corrected chi connectivity index (χ1v) is 7.00. The number of piperidine rings is 1. The van der Waals surface area contributed by atoms with Gasteiger partial charge in [0.1, 0.15) is 0 Å². The minimum atomic E-state index is -0.288. The molecule has 1 heterocycles. The maximum absolute atomic E-state index is 11.3. The second kappa shape index (κ2) is 6.47. The van der Waals surface area contributed by atoms with Gasteiger partial charge in [-0.05, 0) is 30.5 Å². The fourth-order valence-electron chi connectivity index (χ4n) is 2.65. The number of ether oxygens (including phenoxy) is 1. The molecule has 2 rings (SSSR count). The van der Waals surface area contributed by atoms with Crippen molar-refractivity contribution < 1.29 is 14.3 Å². The van der Waals surface area contributed by atoms with Crippen LogP contribution in [0.1, 0.15) is 18.4 Å². The maximum Gasteiger partial charge on any atom is 0.309 e.